The van der Waals surface area contributed by atoms with Crippen molar-refractivity contribution in [2.24, 2.45) is 0 Å². The van der Waals surface area contributed by atoms with Gasteiger partial charge in [0.1, 0.15) is 18.2 Å². The zero-order valence-corrected chi connectivity index (χ0v) is 9.50. The van der Waals surface area contributed by atoms with Gasteiger partial charge in [0, 0.05) is 18.5 Å². The second-order valence-corrected chi connectivity index (χ2v) is 4.07. The molecule has 0 spiro atoms. The molecule has 3 rings (SSSR count). The number of aromatic nitrogens is 2. The summed E-state index contributed by atoms with van der Waals surface area (Å²) in [5, 5.41) is 8.54. The third-order valence-electron chi connectivity index (χ3n) is 2.83. The Morgan fingerprint density at radius 2 is 2.41 bits per heavy atom. The average Bonchev–Trinajstić information content (AvgIpc) is 2.81. The fraction of sp³-hybridized carbons (Fsp3) is 0.417. The highest BCUT2D eigenvalue weighted by Gasteiger charge is 2.14. The molecular weight excluding hydrogens is 218 g/mol. The standard InChI is InChI=1S/C12H15N3O2/c1-2-4-12-10(3-1)7-14-15(12)17-9-11-8-13-5-6-16-11/h1-4,7,11,13H,5-6,8-9H2. The number of hydrogen-bond donors (Lipinski definition) is 1. The smallest absolute Gasteiger partial charge is 0.144 e. The normalized spacial score (nSPS) is 20.6. The molecule has 2 heterocycles. The largest absolute Gasteiger partial charge is 0.393 e. The van der Waals surface area contributed by atoms with Gasteiger partial charge in [0.15, 0.2) is 0 Å². The zero-order chi connectivity index (χ0) is 11.5. The first kappa shape index (κ1) is 10.6. The number of fused-ring (bicyclic) bond motifs is 1. The lowest BCUT2D eigenvalue weighted by molar-refractivity contribution is -0.0400. The molecule has 1 N–H and O–H groups in total. The fourth-order valence-corrected chi connectivity index (χ4v) is 1.93. The Morgan fingerprint density at radius 3 is 3.29 bits per heavy atom. The molecule has 5 nitrogen and oxygen atoms in total. The van der Waals surface area contributed by atoms with Crippen LogP contribution in [0.2, 0.25) is 0 Å². The van der Waals surface area contributed by atoms with Crippen LogP contribution in [0, 0.1) is 0 Å². The summed E-state index contributed by atoms with van der Waals surface area (Å²) >= 11 is 0. The molecule has 0 amide bonds. The van der Waals surface area contributed by atoms with Crippen LogP contribution in [0.1, 0.15) is 0 Å². The van der Waals surface area contributed by atoms with Crippen molar-refractivity contribution in [2.45, 2.75) is 6.10 Å². The number of para-hydroxylation sites is 1. The predicted octanol–water partition coefficient (Wildman–Crippen LogP) is 0.453. The minimum absolute atomic E-state index is 0.103. The molecule has 0 bridgehead atoms. The minimum Gasteiger partial charge on any atom is -0.393 e. The highest BCUT2D eigenvalue weighted by Crippen LogP contribution is 2.11. The maximum atomic E-state index is 5.64. The van der Waals surface area contributed by atoms with E-state index in [-0.39, 0.29) is 6.10 Å². The Hall–Kier alpha value is -1.59. The van der Waals surface area contributed by atoms with Gasteiger partial charge in [-0.3, -0.25) is 0 Å². The van der Waals surface area contributed by atoms with Crippen molar-refractivity contribution in [1.29, 1.82) is 0 Å². The van der Waals surface area contributed by atoms with Gasteiger partial charge < -0.3 is 14.9 Å². The molecule has 1 atom stereocenters. The summed E-state index contributed by atoms with van der Waals surface area (Å²) in [4.78, 5) is 7.20. The first-order valence-corrected chi connectivity index (χ1v) is 5.82. The van der Waals surface area contributed by atoms with Crippen molar-refractivity contribution in [1.82, 2.24) is 15.3 Å². The molecule has 1 aliphatic rings. The van der Waals surface area contributed by atoms with Crippen LogP contribution in [-0.2, 0) is 4.74 Å². The van der Waals surface area contributed by atoms with E-state index in [1.54, 1.807) is 11.0 Å². The Balaban J connectivity index is 1.68. The van der Waals surface area contributed by atoms with Crippen LogP contribution in [0.3, 0.4) is 0 Å². The lowest BCUT2D eigenvalue weighted by atomic mass is 10.3. The molecule has 1 unspecified atom stereocenters. The van der Waals surface area contributed by atoms with E-state index in [0.717, 1.165) is 30.6 Å². The lowest BCUT2D eigenvalue weighted by Crippen LogP contribution is -2.42. The maximum Gasteiger partial charge on any atom is 0.144 e. The van der Waals surface area contributed by atoms with Gasteiger partial charge in [-0.1, -0.05) is 23.0 Å². The zero-order valence-electron chi connectivity index (χ0n) is 9.50. The summed E-state index contributed by atoms with van der Waals surface area (Å²) in [5.74, 6) is 0. The molecule has 5 heteroatoms. The van der Waals surface area contributed by atoms with E-state index < -0.39 is 0 Å². The van der Waals surface area contributed by atoms with Gasteiger partial charge in [-0.2, -0.15) is 0 Å². The quantitative estimate of drug-likeness (QED) is 0.836. The number of nitrogens with one attached hydrogen (secondary N) is 1. The van der Waals surface area contributed by atoms with Crippen molar-refractivity contribution in [3.63, 3.8) is 0 Å². The Kier molecular flexibility index (Phi) is 2.94. The number of rotatable bonds is 3. The van der Waals surface area contributed by atoms with Gasteiger partial charge in [-0.05, 0) is 6.07 Å². The molecule has 1 saturated heterocycles. The number of morpholine rings is 1. The van der Waals surface area contributed by atoms with Crippen LogP contribution < -0.4 is 10.2 Å². The molecule has 0 saturated carbocycles. The van der Waals surface area contributed by atoms with Crippen molar-refractivity contribution >= 4 is 10.9 Å². The van der Waals surface area contributed by atoms with Gasteiger partial charge in [0.2, 0.25) is 0 Å². The number of ether oxygens (including phenoxy) is 1. The van der Waals surface area contributed by atoms with Crippen molar-refractivity contribution in [2.75, 3.05) is 26.3 Å². The van der Waals surface area contributed by atoms with E-state index in [1.807, 2.05) is 24.3 Å². The highest BCUT2D eigenvalue weighted by molar-refractivity contribution is 5.77. The SMILES string of the molecule is c1ccc2c(c1)cnn2OCC1CNCCO1. The molecule has 2 aromatic rings. The predicted molar refractivity (Wildman–Crippen MR) is 63.8 cm³/mol. The summed E-state index contributed by atoms with van der Waals surface area (Å²) in [6.45, 7) is 3.01. The van der Waals surface area contributed by atoms with Gasteiger partial charge >= 0.3 is 0 Å². The average molecular weight is 233 g/mol. The van der Waals surface area contributed by atoms with Crippen molar-refractivity contribution < 1.29 is 9.57 Å². The summed E-state index contributed by atoms with van der Waals surface area (Å²) < 4.78 is 5.56. The molecule has 0 aliphatic carbocycles. The topological polar surface area (TPSA) is 48.3 Å². The minimum atomic E-state index is 0.103. The highest BCUT2D eigenvalue weighted by atomic mass is 16.7. The summed E-state index contributed by atoms with van der Waals surface area (Å²) in [7, 11) is 0. The van der Waals surface area contributed by atoms with Gasteiger partial charge in [0.05, 0.1) is 12.8 Å². The number of benzene rings is 1. The third kappa shape index (κ3) is 2.25. The molecule has 1 aromatic carbocycles. The van der Waals surface area contributed by atoms with Gasteiger partial charge in [-0.15, -0.1) is 5.10 Å². The fourth-order valence-electron chi connectivity index (χ4n) is 1.93. The summed E-state index contributed by atoms with van der Waals surface area (Å²) in [6, 6.07) is 7.97. The van der Waals surface area contributed by atoms with E-state index in [4.69, 9.17) is 9.57 Å². The monoisotopic (exact) mass is 233 g/mol. The van der Waals surface area contributed by atoms with Crippen LogP contribution in [0.4, 0.5) is 0 Å². The Labute approximate surface area is 99.3 Å². The van der Waals surface area contributed by atoms with Crippen LogP contribution in [0.5, 0.6) is 0 Å². The molecule has 1 fully saturated rings. The van der Waals surface area contributed by atoms with Crippen molar-refractivity contribution in [3.05, 3.63) is 30.5 Å². The van der Waals surface area contributed by atoms with Gasteiger partial charge in [-0.25, -0.2) is 0 Å². The summed E-state index contributed by atoms with van der Waals surface area (Å²) in [5.41, 5.74) is 0.983. The van der Waals surface area contributed by atoms with Crippen LogP contribution in [0.15, 0.2) is 30.5 Å². The molecular formula is C12H15N3O2. The molecule has 1 aliphatic heterocycles. The van der Waals surface area contributed by atoms with Crippen molar-refractivity contribution in [3.8, 4) is 0 Å². The molecule has 1 aromatic heterocycles. The lowest BCUT2D eigenvalue weighted by Gasteiger charge is -2.23. The first-order chi connectivity index (χ1) is 8.43. The molecule has 90 valence electrons. The van der Waals surface area contributed by atoms with Crippen LogP contribution in [-0.4, -0.2) is 42.4 Å². The van der Waals surface area contributed by atoms with E-state index >= 15 is 0 Å². The van der Waals surface area contributed by atoms with E-state index in [1.165, 1.54) is 0 Å². The summed E-state index contributed by atoms with van der Waals surface area (Å²) in [6.07, 6.45) is 1.90. The third-order valence-corrected chi connectivity index (χ3v) is 2.83. The number of hydrogen-bond acceptors (Lipinski definition) is 4. The second-order valence-electron chi connectivity index (χ2n) is 4.07. The van der Waals surface area contributed by atoms with E-state index in [0.29, 0.717) is 6.61 Å². The molecule has 0 radical (unpaired) electrons. The van der Waals surface area contributed by atoms with Gasteiger partial charge in [0.25, 0.3) is 0 Å². The number of nitrogens with zero attached hydrogens (tertiary/aromatic N) is 2. The Morgan fingerprint density at radius 1 is 1.47 bits per heavy atom. The first-order valence-electron chi connectivity index (χ1n) is 5.82. The van der Waals surface area contributed by atoms with E-state index in [9.17, 15) is 0 Å². The van der Waals surface area contributed by atoms with Crippen LogP contribution in [0.25, 0.3) is 10.9 Å². The Bertz CT molecular complexity index is 491. The maximum absolute atomic E-state index is 5.64. The second kappa shape index (κ2) is 4.73. The molecule has 17 heavy (non-hydrogen) atoms. The van der Waals surface area contributed by atoms with E-state index in [2.05, 4.69) is 10.4 Å². The van der Waals surface area contributed by atoms with Crippen LogP contribution >= 0.6 is 0 Å².